The zero-order valence-corrected chi connectivity index (χ0v) is 19.4. The Hall–Kier alpha value is -1.58. The minimum atomic E-state index is -0.111. The monoisotopic (exact) mass is 525 g/mol. The highest BCUT2D eigenvalue weighted by molar-refractivity contribution is 14.1. The van der Waals surface area contributed by atoms with Gasteiger partial charge in [0.05, 0.1) is 27.4 Å². The van der Waals surface area contributed by atoms with Crippen molar-refractivity contribution in [3.63, 3.8) is 0 Å². The molecule has 0 N–H and O–H groups in total. The van der Waals surface area contributed by atoms with Gasteiger partial charge in [0.15, 0.2) is 15.8 Å². The van der Waals surface area contributed by atoms with E-state index in [0.717, 1.165) is 27.0 Å². The summed E-state index contributed by atoms with van der Waals surface area (Å²) in [5.41, 5.74) is 1.66. The van der Waals surface area contributed by atoms with Crippen molar-refractivity contribution < 1.29 is 14.3 Å². The molecular formula is C21H20INO3S2. The number of amides is 1. The molecule has 1 saturated heterocycles. The molecule has 3 rings (SSSR count). The average Bonchev–Trinajstić information content (AvgIpc) is 2.95. The Kier molecular flexibility index (Phi) is 7.36. The molecule has 0 aromatic heterocycles. The van der Waals surface area contributed by atoms with Gasteiger partial charge in [0.2, 0.25) is 0 Å². The Morgan fingerprint density at radius 2 is 1.93 bits per heavy atom. The third-order valence-electron chi connectivity index (χ3n) is 3.89. The van der Waals surface area contributed by atoms with Crippen LogP contribution in [0.5, 0.6) is 11.5 Å². The van der Waals surface area contributed by atoms with Crippen LogP contribution in [0.1, 0.15) is 25.8 Å². The molecule has 0 radical (unpaired) electrons. The second-order valence-electron chi connectivity index (χ2n) is 5.96. The molecule has 0 saturated carbocycles. The van der Waals surface area contributed by atoms with Gasteiger partial charge in [-0.3, -0.25) is 9.69 Å². The van der Waals surface area contributed by atoms with E-state index in [0.29, 0.717) is 28.2 Å². The van der Waals surface area contributed by atoms with Crippen molar-refractivity contribution in [2.45, 2.75) is 20.3 Å². The molecular weight excluding hydrogens is 505 g/mol. The van der Waals surface area contributed by atoms with E-state index in [1.165, 1.54) is 11.8 Å². The molecule has 4 nitrogen and oxygen atoms in total. The van der Waals surface area contributed by atoms with Crippen molar-refractivity contribution in [2.24, 2.45) is 0 Å². The number of rotatable bonds is 7. The SMILES string of the molecule is CCCOc1c(I)cc(/C=C2\SC(=S)N(c3ccccc3)C2=O)cc1OCC. The van der Waals surface area contributed by atoms with Crippen LogP contribution in [-0.2, 0) is 4.79 Å². The van der Waals surface area contributed by atoms with E-state index < -0.39 is 0 Å². The standard InChI is InChI=1S/C21H20INO3S2/c1-3-10-26-19-16(22)11-14(12-17(19)25-4-2)13-18-20(24)23(21(27)28-18)15-8-6-5-7-9-15/h5-9,11-13H,3-4,10H2,1-2H3/b18-13-. The molecule has 1 aliphatic rings. The Labute approximate surface area is 188 Å². The summed E-state index contributed by atoms with van der Waals surface area (Å²) < 4.78 is 13.1. The second-order valence-corrected chi connectivity index (χ2v) is 8.80. The van der Waals surface area contributed by atoms with Crippen LogP contribution in [-0.4, -0.2) is 23.4 Å². The van der Waals surface area contributed by atoms with E-state index in [2.05, 4.69) is 29.5 Å². The van der Waals surface area contributed by atoms with E-state index in [4.69, 9.17) is 21.7 Å². The normalized spacial score (nSPS) is 15.4. The maximum absolute atomic E-state index is 12.9. The van der Waals surface area contributed by atoms with Crippen molar-refractivity contribution >= 4 is 68.6 Å². The first-order chi connectivity index (χ1) is 13.5. The van der Waals surface area contributed by atoms with Gasteiger partial charge in [0.25, 0.3) is 5.91 Å². The number of nitrogens with zero attached hydrogens (tertiary/aromatic N) is 1. The smallest absolute Gasteiger partial charge is 0.270 e. The highest BCUT2D eigenvalue weighted by Gasteiger charge is 2.33. The van der Waals surface area contributed by atoms with Crippen molar-refractivity contribution in [1.29, 1.82) is 0 Å². The largest absolute Gasteiger partial charge is 0.490 e. The summed E-state index contributed by atoms with van der Waals surface area (Å²) in [5.74, 6) is 1.33. The molecule has 0 spiro atoms. The van der Waals surface area contributed by atoms with E-state index in [-0.39, 0.29) is 5.91 Å². The molecule has 0 atom stereocenters. The number of carbonyl (C=O) groups is 1. The lowest BCUT2D eigenvalue weighted by molar-refractivity contribution is -0.113. The highest BCUT2D eigenvalue weighted by atomic mass is 127. The number of halogens is 1. The fraction of sp³-hybridized carbons (Fsp3) is 0.238. The minimum absolute atomic E-state index is 0.111. The zero-order chi connectivity index (χ0) is 20.1. The maximum Gasteiger partial charge on any atom is 0.270 e. The number of ether oxygens (including phenoxy) is 2. The van der Waals surface area contributed by atoms with Crippen molar-refractivity contribution in [2.75, 3.05) is 18.1 Å². The van der Waals surface area contributed by atoms with Crippen molar-refractivity contribution in [1.82, 2.24) is 0 Å². The molecule has 1 heterocycles. The summed E-state index contributed by atoms with van der Waals surface area (Å²) in [7, 11) is 0. The number of thioether (sulfide) groups is 1. The first kappa shape index (κ1) is 21.1. The summed E-state index contributed by atoms with van der Waals surface area (Å²) >= 11 is 8.98. The average molecular weight is 525 g/mol. The van der Waals surface area contributed by atoms with Crippen LogP contribution in [0.15, 0.2) is 47.4 Å². The third kappa shape index (κ3) is 4.69. The van der Waals surface area contributed by atoms with Gasteiger partial charge in [0.1, 0.15) is 0 Å². The van der Waals surface area contributed by atoms with Gasteiger partial charge in [-0.25, -0.2) is 0 Å². The van der Waals surface area contributed by atoms with Gasteiger partial charge in [-0.2, -0.15) is 0 Å². The zero-order valence-electron chi connectivity index (χ0n) is 15.6. The van der Waals surface area contributed by atoms with Gasteiger partial charge in [-0.1, -0.05) is 49.1 Å². The van der Waals surface area contributed by atoms with E-state index in [1.54, 1.807) is 4.90 Å². The fourth-order valence-corrected chi connectivity index (χ4v) is 4.78. The first-order valence-electron chi connectivity index (χ1n) is 8.97. The number of para-hydroxylation sites is 1. The van der Waals surface area contributed by atoms with Crippen LogP contribution in [0.25, 0.3) is 6.08 Å². The number of benzene rings is 2. The van der Waals surface area contributed by atoms with E-state index >= 15 is 0 Å². The topological polar surface area (TPSA) is 38.8 Å². The number of anilines is 1. The van der Waals surface area contributed by atoms with Gasteiger partial charge in [-0.15, -0.1) is 0 Å². The van der Waals surface area contributed by atoms with Crippen LogP contribution in [0.2, 0.25) is 0 Å². The predicted octanol–water partition coefficient (Wildman–Crippen LogP) is 5.88. The Morgan fingerprint density at radius 3 is 2.61 bits per heavy atom. The van der Waals surface area contributed by atoms with Gasteiger partial charge >= 0.3 is 0 Å². The number of hydrogen-bond donors (Lipinski definition) is 0. The number of thiocarbonyl (C=S) groups is 1. The lowest BCUT2D eigenvalue weighted by atomic mass is 10.1. The molecule has 0 aliphatic carbocycles. The van der Waals surface area contributed by atoms with Gasteiger partial charge < -0.3 is 9.47 Å². The summed E-state index contributed by atoms with van der Waals surface area (Å²) in [6, 6.07) is 13.4. The lowest BCUT2D eigenvalue weighted by Gasteiger charge is -2.15. The Morgan fingerprint density at radius 1 is 1.18 bits per heavy atom. The molecule has 146 valence electrons. The summed E-state index contributed by atoms with van der Waals surface area (Å²) in [6.07, 6.45) is 2.78. The lowest BCUT2D eigenvalue weighted by Crippen LogP contribution is -2.27. The van der Waals surface area contributed by atoms with Gasteiger partial charge in [-0.05, 0) is 71.8 Å². The quantitative estimate of drug-likeness (QED) is 0.256. The van der Waals surface area contributed by atoms with Crippen LogP contribution >= 0.6 is 46.6 Å². The van der Waals surface area contributed by atoms with E-state index in [9.17, 15) is 4.79 Å². The number of carbonyl (C=O) groups excluding carboxylic acids is 1. The van der Waals surface area contributed by atoms with Crippen LogP contribution in [0.4, 0.5) is 5.69 Å². The second kappa shape index (κ2) is 9.76. The fourth-order valence-electron chi connectivity index (χ4n) is 2.70. The summed E-state index contributed by atoms with van der Waals surface area (Å²) in [6.45, 7) is 5.17. The molecule has 2 aromatic rings. The molecule has 28 heavy (non-hydrogen) atoms. The molecule has 1 amide bonds. The molecule has 2 aromatic carbocycles. The molecule has 0 unspecified atom stereocenters. The van der Waals surface area contributed by atoms with Crippen molar-refractivity contribution in [3.05, 3.63) is 56.5 Å². The summed E-state index contributed by atoms with van der Waals surface area (Å²) in [5, 5.41) is 0. The maximum atomic E-state index is 12.9. The van der Waals surface area contributed by atoms with E-state index in [1.807, 2.05) is 55.5 Å². The Bertz CT molecular complexity index is 915. The third-order valence-corrected chi connectivity index (χ3v) is 5.99. The summed E-state index contributed by atoms with van der Waals surface area (Å²) in [4.78, 5) is 15.1. The first-order valence-corrected chi connectivity index (χ1v) is 11.3. The molecule has 0 bridgehead atoms. The minimum Gasteiger partial charge on any atom is -0.490 e. The van der Waals surface area contributed by atoms with Crippen LogP contribution in [0.3, 0.4) is 0 Å². The van der Waals surface area contributed by atoms with Gasteiger partial charge in [0, 0.05) is 0 Å². The molecule has 7 heteroatoms. The predicted molar refractivity (Wildman–Crippen MR) is 128 cm³/mol. The molecule has 1 aliphatic heterocycles. The van der Waals surface area contributed by atoms with Crippen molar-refractivity contribution in [3.8, 4) is 11.5 Å². The van der Waals surface area contributed by atoms with Crippen LogP contribution in [0, 0.1) is 3.57 Å². The Balaban J connectivity index is 1.93. The van der Waals surface area contributed by atoms with Crippen LogP contribution < -0.4 is 14.4 Å². The highest BCUT2D eigenvalue weighted by Crippen LogP contribution is 2.39. The molecule has 1 fully saturated rings. The number of hydrogen-bond acceptors (Lipinski definition) is 5.